The van der Waals surface area contributed by atoms with Gasteiger partial charge in [-0.15, -0.1) is 0 Å². The van der Waals surface area contributed by atoms with Crippen molar-refractivity contribution in [2.45, 2.75) is 82.9 Å². The molecular formula is C43H46N6O3. The largest absolute Gasteiger partial charge is 0.393 e. The van der Waals surface area contributed by atoms with Crippen LogP contribution in [0.3, 0.4) is 0 Å². The van der Waals surface area contributed by atoms with Crippen LogP contribution in [0.5, 0.6) is 0 Å². The quantitative estimate of drug-likeness (QED) is 0.0684. The molecule has 0 spiro atoms. The van der Waals surface area contributed by atoms with Gasteiger partial charge >= 0.3 is 0 Å². The molecule has 2 aromatic heterocycles. The highest BCUT2D eigenvalue weighted by Gasteiger charge is 2.26. The van der Waals surface area contributed by atoms with E-state index in [1.54, 1.807) is 0 Å². The lowest BCUT2D eigenvalue weighted by molar-refractivity contribution is -0.121. The molecule has 3 N–H and O–H groups in total. The monoisotopic (exact) mass is 694 g/mol. The minimum atomic E-state index is -0.283. The number of nitrogens with zero attached hydrogens (tertiary/aromatic N) is 4. The van der Waals surface area contributed by atoms with Gasteiger partial charge in [-0.3, -0.25) is 15.0 Å². The molecule has 3 aromatic carbocycles. The van der Waals surface area contributed by atoms with Crippen LogP contribution in [-0.4, -0.2) is 50.4 Å². The van der Waals surface area contributed by atoms with Crippen LogP contribution in [0.4, 0.5) is 0 Å². The minimum absolute atomic E-state index is 0.0557. The Labute approximate surface area is 305 Å². The van der Waals surface area contributed by atoms with Crippen LogP contribution in [0.15, 0.2) is 96.2 Å². The number of hydrogen-bond acceptors (Lipinski definition) is 5. The predicted molar refractivity (Wildman–Crippen MR) is 206 cm³/mol. The number of amides is 2. The Hall–Kier alpha value is -5.59. The predicted octanol–water partition coefficient (Wildman–Crippen LogP) is 7.21. The highest BCUT2D eigenvalue weighted by molar-refractivity contribution is 6.02. The molecule has 2 heterocycles. The molecule has 0 bridgehead atoms. The van der Waals surface area contributed by atoms with Crippen molar-refractivity contribution < 1.29 is 14.7 Å². The number of benzene rings is 3. The topological polar surface area (TPSA) is 125 Å². The van der Waals surface area contributed by atoms with E-state index in [4.69, 9.17) is 4.98 Å². The van der Waals surface area contributed by atoms with Crippen LogP contribution in [0, 0.1) is 17.3 Å². The Balaban J connectivity index is 1.25. The lowest BCUT2D eigenvalue weighted by atomic mass is 9.93. The summed E-state index contributed by atoms with van der Waals surface area (Å²) in [6.07, 6.45) is 8.10. The summed E-state index contributed by atoms with van der Waals surface area (Å²) in [7, 11) is 0. The second-order valence-corrected chi connectivity index (χ2v) is 13.4. The Kier molecular flexibility index (Phi) is 12.2. The number of aliphatic hydroxyl groups is 1. The number of rotatable bonds is 13. The van der Waals surface area contributed by atoms with Crippen molar-refractivity contribution in [3.05, 3.63) is 108 Å². The molecule has 266 valence electrons. The first kappa shape index (κ1) is 36.2. The highest BCUT2D eigenvalue weighted by Crippen LogP contribution is 2.40. The Morgan fingerprint density at radius 3 is 2.38 bits per heavy atom. The van der Waals surface area contributed by atoms with E-state index >= 15 is 0 Å². The molecule has 6 rings (SSSR count). The molecule has 0 atom stereocenters. The molecular weight excluding hydrogens is 649 g/mol. The van der Waals surface area contributed by atoms with Crippen LogP contribution in [0.2, 0.25) is 0 Å². The molecule has 5 aromatic rings. The van der Waals surface area contributed by atoms with Gasteiger partial charge in [0.05, 0.1) is 23.5 Å². The van der Waals surface area contributed by atoms with E-state index < -0.39 is 0 Å². The zero-order valence-corrected chi connectivity index (χ0v) is 29.6. The second kappa shape index (κ2) is 17.6. The van der Waals surface area contributed by atoms with Crippen LogP contribution in [-0.2, 0) is 16.1 Å². The molecule has 0 unspecified atom stereocenters. The van der Waals surface area contributed by atoms with Crippen molar-refractivity contribution >= 4 is 29.6 Å². The summed E-state index contributed by atoms with van der Waals surface area (Å²) in [4.78, 5) is 31.6. The van der Waals surface area contributed by atoms with Crippen LogP contribution in [0.25, 0.3) is 33.4 Å². The first-order chi connectivity index (χ1) is 25.4. The second-order valence-electron chi connectivity index (χ2n) is 13.4. The number of aromatic nitrogens is 3. The number of hydrogen-bond donors (Lipinski definition) is 3. The first-order valence-electron chi connectivity index (χ1n) is 18.2. The summed E-state index contributed by atoms with van der Waals surface area (Å²) in [5.74, 6) is 6.28. The van der Waals surface area contributed by atoms with E-state index in [1.807, 2.05) is 59.4 Å². The van der Waals surface area contributed by atoms with E-state index in [1.165, 1.54) is 0 Å². The zero-order chi connectivity index (χ0) is 36.3. The number of carbonyl (C=O) groups is 2. The average Bonchev–Trinajstić information content (AvgIpc) is 3.50. The number of nitrogens with one attached hydrogen (secondary N) is 2. The molecule has 9 heteroatoms. The number of unbranched alkanes of at least 4 members (excludes halogenated alkanes) is 2. The van der Waals surface area contributed by atoms with Crippen molar-refractivity contribution in [2.75, 3.05) is 6.54 Å². The van der Waals surface area contributed by atoms with Gasteiger partial charge in [0.15, 0.2) is 0 Å². The lowest BCUT2D eigenvalue weighted by Crippen LogP contribution is -2.29. The molecule has 0 radical (unpaired) electrons. The molecule has 1 saturated carbocycles. The molecule has 1 aliphatic rings. The number of aliphatic imine (C=N–C) groups is 1. The Bertz CT molecular complexity index is 2130. The molecule has 9 nitrogen and oxygen atoms in total. The molecule has 0 saturated heterocycles. The number of fused-ring (bicyclic) bond motifs is 1. The molecule has 0 aliphatic heterocycles. The SMILES string of the molecule is C=NC(=O)CCCC(=O)NCCCCC#Cc1cccc(Cn2c(-c3ccccc3)c(-c3ccccc3)c3c(=N)n(C4CCC(O)CC4)cnc32)c1. The van der Waals surface area contributed by atoms with E-state index in [0.717, 1.165) is 89.5 Å². The normalized spacial score (nSPS) is 15.5. The Morgan fingerprint density at radius 1 is 0.923 bits per heavy atom. The third-order valence-corrected chi connectivity index (χ3v) is 9.73. The van der Waals surface area contributed by atoms with Gasteiger partial charge in [0.25, 0.3) is 0 Å². The summed E-state index contributed by atoms with van der Waals surface area (Å²) < 4.78 is 4.26. The van der Waals surface area contributed by atoms with Crippen molar-refractivity contribution in [3.63, 3.8) is 0 Å². The van der Waals surface area contributed by atoms with Gasteiger partial charge in [0.2, 0.25) is 11.8 Å². The third-order valence-electron chi connectivity index (χ3n) is 9.73. The van der Waals surface area contributed by atoms with Gasteiger partial charge in [-0.25, -0.2) is 9.98 Å². The minimum Gasteiger partial charge on any atom is -0.393 e. The highest BCUT2D eigenvalue weighted by atomic mass is 16.3. The maximum Gasteiger partial charge on any atom is 0.245 e. The van der Waals surface area contributed by atoms with Gasteiger partial charge in [-0.1, -0.05) is 84.6 Å². The van der Waals surface area contributed by atoms with Crippen molar-refractivity contribution in [1.82, 2.24) is 19.4 Å². The first-order valence-corrected chi connectivity index (χ1v) is 18.2. The fourth-order valence-corrected chi connectivity index (χ4v) is 7.05. The lowest BCUT2D eigenvalue weighted by Gasteiger charge is -2.27. The van der Waals surface area contributed by atoms with Gasteiger partial charge in [-0.2, -0.15) is 0 Å². The standard InChI is InChI=1S/C43H46N6O3/c1-45-37(51)21-13-22-38(52)46-27-11-3-2-6-14-31-15-12-16-32(28-31)29-48-41(34-19-9-5-10-20-34)39(33-17-7-4-8-18-33)40-42(44)49(30-47-43(40)48)35-23-25-36(50)26-24-35/h4-5,7-10,12,15-20,28,30,35-36,44,50H,1-3,11,13,21-27,29H2,(H,46,52). The summed E-state index contributed by atoms with van der Waals surface area (Å²) in [5, 5.41) is 23.5. The Morgan fingerprint density at radius 2 is 1.65 bits per heavy atom. The van der Waals surface area contributed by atoms with E-state index in [2.05, 4.69) is 69.8 Å². The van der Waals surface area contributed by atoms with Gasteiger partial charge in [0.1, 0.15) is 11.1 Å². The summed E-state index contributed by atoms with van der Waals surface area (Å²) >= 11 is 0. The fraction of sp³-hybridized carbons (Fsp3) is 0.326. The summed E-state index contributed by atoms with van der Waals surface area (Å²) in [5.41, 5.74) is 7.33. The molecule has 52 heavy (non-hydrogen) atoms. The number of carbonyl (C=O) groups excluding carboxylic acids is 2. The third kappa shape index (κ3) is 8.82. The van der Waals surface area contributed by atoms with Gasteiger partial charge < -0.3 is 19.6 Å². The molecule has 1 aliphatic carbocycles. The van der Waals surface area contributed by atoms with E-state index in [-0.39, 0.29) is 30.4 Å². The van der Waals surface area contributed by atoms with Crippen LogP contribution >= 0.6 is 0 Å². The maximum atomic E-state index is 12.0. The van der Waals surface area contributed by atoms with Crippen molar-refractivity contribution in [3.8, 4) is 34.2 Å². The van der Waals surface area contributed by atoms with Gasteiger partial charge in [0, 0.05) is 49.5 Å². The van der Waals surface area contributed by atoms with E-state index in [9.17, 15) is 20.1 Å². The van der Waals surface area contributed by atoms with Crippen LogP contribution in [0.1, 0.15) is 81.4 Å². The van der Waals surface area contributed by atoms with Crippen LogP contribution < -0.4 is 10.8 Å². The maximum absolute atomic E-state index is 12.0. The summed E-state index contributed by atoms with van der Waals surface area (Å²) in [6, 6.07) is 29.1. The zero-order valence-electron chi connectivity index (χ0n) is 29.6. The fourth-order valence-electron chi connectivity index (χ4n) is 7.05. The molecule has 1 fully saturated rings. The van der Waals surface area contributed by atoms with Gasteiger partial charge in [-0.05, 0) is 80.5 Å². The van der Waals surface area contributed by atoms with E-state index in [0.29, 0.717) is 31.4 Å². The summed E-state index contributed by atoms with van der Waals surface area (Å²) in [6.45, 7) is 4.34. The molecule has 2 amide bonds. The van der Waals surface area contributed by atoms with Crippen molar-refractivity contribution in [1.29, 1.82) is 5.41 Å². The number of aliphatic hydroxyl groups excluding tert-OH is 1. The smallest absolute Gasteiger partial charge is 0.245 e. The average molecular weight is 695 g/mol. The van der Waals surface area contributed by atoms with Crippen molar-refractivity contribution in [2.24, 2.45) is 4.99 Å².